The van der Waals surface area contributed by atoms with Crippen LogP contribution in [-0.4, -0.2) is 25.9 Å². The molecule has 0 fully saturated rings. The Bertz CT molecular complexity index is 1240. The lowest BCUT2D eigenvalue weighted by molar-refractivity contribution is -0.385. The molecule has 0 atom stereocenters. The second-order valence-corrected chi connectivity index (χ2v) is 8.48. The van der Waals surface area contributed by atoms with Crippen molar-refractivity contribution in [2.75, 3.05) is 16.6 Å². The Labute approximate surface area is 185 Å². The summed E-state index contributed by atoms with van der Waals surface area (Å²) >= 11 is 0. The number of carbonyl (C=O) groups is 1. The van der Waals surface area contributed by atoms with E-state index in [-0.39, 0.29) is 22.2 Å². The Morgan fingerprint density at radius 3 is 2.22 bits per heavy atom. The number of nitrogens with zero attached hydrogens (tertiary/aromatic N) is 1. The number of benzene rings is 3. The van der Waals surface area contributed by atoms with Crippen LogP contribution in [0.5, 0.6) is 5.75 Å². The van der Waals surface area contributed by atoms with Gasteiger partial charge in [0.2, 0.25) is 0 Å². The fourth-order valence-corrected chi connectivity index (χ4v) is 3.94. The fraction of sp³-hybridized carbons (Fsp3) is 0.136. The van der Waals surface area contributed by atoms with Crippen LogP contribution in [0.3, 0.4) is 0 Å². The van der Waals surface area contributed by atoms with Crippen molar-refractivity contribution in [3.05, 3.63) is 88.0 Å². The van der Waals surface area contributed by atoms with Gasteiger partial charge in [-0.05, 0) is 68.4 Å². The number of sulfonamides is 1. The predicted molar refractivity (Wildman–Crippen MR) is 121 cm³/mol. The van der Waals surface area contributed by atoms with E-state index in [1.54, 1.807) is 24.3 Å². The Kier molecular flexibility index (Phi) is 6.74. The molecule has 3 aromatic carbocycles. The van der Waals surface area contributed by atoms with Crippen LogP contribution in [0.4, 0.5) is 17.1 Å². The average molecular weight is 455 g/mol. The number of nitrogens with one attached hydrogen (secondary N) is 2. The van der Waals surface area contributed by atoms with E-state index in [1.165, 1.54) is 43.3 Å². The van der Waals surface area contributed by atoms with Gasteiger partial charge in [-0.15, -0.1) is 0 Å². The summed E-state index contributed by atoms with van der Waals surface area (Å²) in [5.74, 6) is 0.332. The molecule has 9 nitrogen and oxygen atoms in total. The molecule has 0 aliphatic rings. The Hall–Kier alpha value is -3.92. The number of aryl methyl sites for hydroxylation is 1. The van der Waals surface area contributed by atoms with Crippen LogP contribution in [0.1, 0.15) is 22.8 Å². The third-order valence-corrected chi connectivity index (χ3v) is 5.89. The molecule has 0 aliphatic heterocycles. The molecule has 0 radical (unpaired) electrons. The van der Waals surface area contributed by atoms with Crippen molar-refractivity contribution in [1.82, 2.24) is 0 Å². The van der Waals surface area contributed by atoms with E-state index in [1.807, 2.05) is 6.92 Å². The van der Waals surface area contributed by atoms with Crippen LogP contribution >= 0.6 is 0 Å². The first-order chi connectivity index (χ1) is 15.2. The minimum Gasteiger partial charge on any atom is -0.494 e. The number of rotatable bonds is 8. The van der Waals surface area contributed by atoms with Gasteiger partial charge in [0.1, 0.15) is 5.75 Å². The number of nitro benzene ring substituents is 1. The molecule has 0 bridgehead atoms. The van der Waals surface area contributed by atoms with Crippen LogP contribution in [-0.2, 0) is 10.0 Å². The zero-order valence-corrected chi connectivity index (χ0v) is 18.2. The van der Waals surface area contributed by atoms with Crippen LogP contribution in [0.2, 0.25) is 0 Å². The van der Waals surface area contributed by atoms with Crippen molar-refractivity contribution < 1.29 is 22.9 Å². The molecule has 0 heterocycles. The summed E-state index contributed by atoms with van der Waals surface area (Å²) in [7, 11) is -4.04. The zero-order chi connectivity index (χ0) is 23.3. The SMILES string of the molecule is CCOc1ccc(NC(=O)c2ccc(NS(=O)(=O)c3ccc(C)c([N+](=O)[O-])c3)cc2)cc1. The first-order valence-electron chi connectivity index (χ1n) is 9.62. The van der Waals surface area contributed by atoms with E-state index in [0.29, 0.717) is 29.2 Å². The Morgan fingerprint density at radius 2 is 1.62 bits per heavy atom. The molecule has 0 spiro atoms. The van der Waals surface area contributed by atoms with E-state index in [9.17, 15) is 23.3 Å². The molecule has 1 amide bonds. The van der Waals surface area contributed by atoms with Crippen LogP contribution < -0.4 is 14.8 Å². The van der Waals surface area contributed by atoms with Crippen LogP contribution in [0.15, 0.2) is 71.6 Å². The molecule has 0 saturated heterocycles. The van der Waals surface area contributed by atoms with Crippen molar-refractivity contribution in [3.63, 3.8) is 0 Å². The maximum Gasteiger partial charge on any atom is 0.273 e. The standard InChI is InChI=1S/C22H21N3O6S/c1-3-31-19-11-9-17(10-12-19)23-22(26)16-5-7-18(8-6-16)24-32(29,30)20-13-4-15(2)21(14-20)25(27)28/h4-14,24H,3H2,1-2H3,(H,23,26). The van der Waals surface area contributed by atoms with Crippen molar-refractivity contribution in [2.24, 2.45) is 0 Å². The molecule has 3 aromatic rings. The lowest BCUT2D eigenvalue weighted by atomic mass is 10.2. The highest BCUT2D eigenvalue weighted by atomic mass is 32.2. The molecule has 10 heteroatoms. The molecule has 166 valence electrons. The third kappa shape index (κ3) is 5.41. The summed E-state index contributed by atoms with van der Waals surface area (Å²) in [6.45, 7) is 3.95. The highest BCUT2D eigenvalue weighted by molar-refractivity contribution is 7.92. The maximum absolute atomic E-state index is 12.6. The van der Waals surface area contributed by atoms with E-state index < -0.39 is 14.9 Å². The topological polar surface area (TPSA) is 128 Å². The summed E-state index contributed by atoms with van der Waals surface area (Å²) < 4.78 is 32.9. The smallest absolute Gasteiger partial charge is 0.273 e. The van der Waals surface area contributed by atoms with Gasteiger partial charge in [0.05, 0.1) is 16.4 Å². The first kappa shape index (κ1) is 22.8. The number of nitro groups is 1. The molecule has 3 rings (SSSR count). The number of hydrogen-bond donors (Lipinski definition) is 2. The summed E-state index contributed by atoms with van der Waals surface area (Å²) in [5, 5.41) is 13.8. The van der Waals surface area contributed by atoms with Crippen molar-refractivity contribution in [1.29, 1.82) is 0 Å². The number of anilines is 2. The van der Waals surface area contributed by atoms with E-state index >= 15 is 0 Å². The first-order valence-corrected chi connectivity index (χ1v) is 11.1. The van der Waals surface area contributed by atoms with Gasteiger partial charge in [0.15, 0.2) is 0 Å². The molecular formula is C22H21N3O6S. The van der Waals surface area contributed by atoms with E-state index in [4.69, 9.17) is 4.74 Å². The fourth-order valence-electron chi connectivity index (χ4n) is 2.86. The number of hydrogen-bond acceptors (Lipinski definition) is 6. The van der Waals surface area contributed by atoms with Crippen molar-refractivity contribution in [3.8, 4) is 5.75 Å². The van der Waals surface area contributed by atoms with Crippen LogP contribution in [0, 0.1) is 17.0 Å². The van der Waals surface area contributed by atoms with Gasteiger partial charge in [0, 0.05) is 28.6 Å². The van der Waals surface area contributed by atoms with Gasteiger partial charge < -0.3 is 10.1 Å². The highest BCUT2D eigenvalue weighted by Crippen LogP contribution is 2.24. The minimum absolute atomic E-state index is 0.214. The van der Waals surface area contributed by atoms with Gasteiger partial charge in [-0.3, -0.25) is 19.6 Å². The normalized spacial score (nSPS) is 10.9. The van der Waals surface area contributed by atoms with Crippen molar-refractivity contribution >= 4 is 33.0 Å². The minimum atomic E-state index is -4.04. The largest absolute Gasteiger partial charge is 0.494 e. The summed E-state index contributed by atoms with van der Waals surface area (Å²) in [6, 6.07) is 16.4. The second-order valence-electron chi connectivity index (χ2n) is 6.80. The average Bonchev–Trinajstić information content (AvgIpc) is 2.75. The lowest BCUT2D eigenvalue weighted by Gasteiger charge is -2.10. The zero-order valence-electron chi connectivity index (χ0n) is 17.4. The van der Waals surface area contributed by atoms with Gasteiger partial charge in [-0.1, -0.05) is 6.07 Å². The van der Waals surface area contributed by atoms with Gasteiger partial charge >= 0.3 is 0 Å². The third-order valence-electron chi connectivity index (χ3n) is 4.51. The molecule has 0 aliphatic carbocycles. The number of carbonyl (C=O) groups excluding carboxylic acids is 1. The van der Waals surface area contributed by atoms with Crippen molar-refractivity contribution in [2.45, 2.75) is 18.7 Å². The van der Waals surface area contributed by atoms with E-state index in [0.717, 1.165) is 6.07 Å². The van der Waals surface area contributed by atoms with Gasteiger partial charge in [-0.25, -0.2) is 8.42 Å². The van der Waals surface area contributed by atoms with Gasteiger partial charge in [-0.2, -0.15) is 0 Å². The quantitative estimate of drug-likeness (QED) is 0.384. The monoisotopic (exact) mass is 455 g/mol. The predicted octanol–water partition coefficient (Wildman–Crippen LogP) is 4.36. The van der Waals surface area contributed by atoms with Crippen LogP contribution in [0.25, 0.3) is 0 Å². The van der Waals surface area contributed by atoms with E-state index in [2.05, 4.69) is 10.0 Å². The Morgan fingerprint density at radius 1 is 1.00 bits per heavy atom. The summed E-state index contributed by atoms with van der Waals surface area (Å²) in [5.41, 5.74) is 1.20. The second kappa shape index (κ2) is 9.48. The molecule has 32 heavy (non-hydrogen) atoms. The molecule has 0 aromatic heterocycles. The molecule has 0 saturated carbocycles. The molecule has 0 unspecified atom stereocenters. The highest BCUT2D eigenvalue weighted by Gasteiger charge is 2.20. The van der Waals surface area contributed by atoms with Gasteiger partial charge in [0.25, 0.3) is 21.6 Å². The number of amides is 1. The molecular weight excluding hydrogens is 434 g/mol. The summed E-state index contributed by atoms with van der Waals surface area (Å²) in [6.07, 6.45) is 0. The maximum atomic E-state index is 12.6. The summed E-state index contributed by atoms with van der Waals surface area (Å²) in [4.78, 5) is 22.7. The lowest BCUT2D eigenvalue weighted by Crippen LogP contribution is -2.14. The number of ether oxygens (including phenoxy) is 1. The Balaban J connectivity index is 1.70. The molecule has 2 N–H and O–H groups in total.